The van der Waals surface area contributed by atoms with E-state index in [4.69, 9.17) is 19.3 Å². The summed E-state index contributed by atoms with van der Waals surface area (Å²) in [7, 11) is 0. The van der Waals surface area contributed by atoms with Crippen LogP contribution in [0.5, 0.6) is 17.2 Å². The molecule has 0 saturated heterocycles. The Morgan fingerprint density at radius 2 is 1.88 bits per heavy atom. The third kappa shape index (κ3) is 3.71. The Bertz CT molecular complexity index is 825. The van der Waals surface area contributed by atoms with E-state index in [2.05, 4.69) is 0 Å². The summed E-state index contributed by atoms with van der Waals surface area (Å²) in [6, 6.07) is 7.43. The zero-order valence-corrected chi connectivity index (χ0v) is 14.3. The molecule has 0 radical (unpaired) electrons. The van der Waals surface area contributed by atoms with Gasteiger partial charge >= 0.3 is 5.97 Å². The van der Waals surface area contributed by atoms with Crippen LogP contribution in [0.15, 0.2) is 30.3 Å². The molecule has 26 heavy (non-hydrogen) atoms. The zero-order chi connectivity index (χ0) is 18.9. The van der Waals surface area contributed by atoms with Crippen molar-refractivity contribution in [3.63, 3.8) is 0 Å². The van der Waals surface area contributed by atoms with E-state index in [-0.39, 0.29) is 25.0 Å². The van der Waals surface area contributed by atoms with Gasteiger partial charge in [0, 0.05) is 25.8 Å². The summed E-state index contributed by atoms with van der Waals surface area (Å²) in [5, 5.41) is 8.57. The van der Waals surface area contributed by atoms with Crippen LogP contribution in [0.4, 0.5) is 8.78 Å². The minimum atomic E-state index is -0.993. The summed E-state index contributed by atoms with van der Waals surface area (Å²) in [4.78, 5) is 10.5. The van der Waals surface area contributed by atoms with Crippen LogP contribution in [0.25, 0.3) is 11.1 Å². The fraction of sp³-hybridized carbons (Fsp3) is 0.316. The molecular formula is C19H18F2O5. The van der Waals surface area contributed by atoms with E-state index in [0.717, 1.165) is 12.1 Å². The monoisotopic (exact) mass is 364 g/mol. The van der Waals surface area contributed by atoms with Crippen molar-refractivity contribution in [1.29, 1.82) is 0 Å². The van der Waals surface area contributed by atoms with Gasteiger partial charge < -0.3 is 19.3 Å². The average Bonchev–Trinajstić information content (AvgIpc) is 2.86. The van der Waals surface area contributed by atoms with Crippen molar-refractivity contribution in [2.75, 3.05) is 6.61 Å². The van der Waals surface area contributed by atoms with Gasteiger partial charge in [0.15, 0.2) is 28.9 Å². The predicted molar refractivity (Wildman–Crippen MR) is 89.5 cm³/mol. The Balaban J connectivity index is 1.86. The zero-order valence-electron chi connectivity index (χ0n) is 14.3. The van der Waals surface area contributed by atoms with Crippen LogP contribution in [-0.2, 0) is 4.79 Å². The maximum atomic E-state index is 14.3. The molecular weight excluding hydrogens is 346 g/mol. The molecule has 3 rings (SSSR count). The van der Waals surface area contributed by atoms with Gasteiger partial charge in [0.2, 0.25) is 5.79 Å². The lowest BCUT2D eigenvalue weighted by Gasteiger charge is -2.17. The third-order valence-electron chi connectivity index (χ3n) is 3.77. The highest BCUT2D eigenvalue weighted by atomic mass is 19.1. The number of carbonyl (C=O) groups is 1. The molecule has 1 aliphatic rings. The molecule has 1 N–H and O–H groups in total. The van der Waals surface area contributed by atoms with Crippen molar-refractivity contribution < 1.29 is 32.9 Å². The number of hydrogen-bond acceptors (Lipinski definition) is 4. The van der Waals surface area contributed by atoms with E-state index in [1.807, 2.05) is 0 Å². The lowest BCUT2D eigenvalue weighted by atomic mass is 10.0. The molecule has 5 nitrogen and oxygen atoms in total. The summed E-state index contributed by atoms with van der Waals surface area (Å²) in [5.74, 6) is -3.19. The van der Waals surface area contributed by atoms with Crippen molar-refractivity contribution in [3.05, 3.63) is 42.0 Å². The molecule has 7 heteroatoms. The van der Waals surface area contributed by atoms with Crippen LogP contribution in [0.1, 0.15) is 26.7 Å². The maximum Gasteiger partial charge on any atom is 0.303 e. The van der Waals surface area contributed by atoms with E-state index in [0.29, 0.717) is 17.1 Å². The van der Waals surface area contributed by atoms with Crippen molar-refractivity contribution in [3.8, 4) is 28.4 Å². The molecule has 2 aromatic rings. The van der Waals surface area contributed by atoms with E-state index in [1.54, 1.807) is 32.0 Å². The number of fused-ring (bicyclic) bond motifs is 1. The molecule has 2 aromatic carbocycles. The lowest BCUT2D eigenvalue weighted by Crippen LogP contribution is -2.29. The quantitative estimate of drug-likeness (QED) is 0.771. The van der Waals surface area contributed by atoms with E-state index >= 15 is 0 Å². The summed E-state index contributed by atoms with van der Waals surface area (Å²) >= 11 is 0. The van der Waals surface area contributed by atoms with Crippen molar-refractivity contribution in [2.45, 2.75) is 32.5 Å². The van der Waals surface area contributed by atoms with E-state index < -0.39 is 29.1 Å². The molecule has 1 heterocycles. The number of benzene rings is 2. The number of carboxylic acids is 1. The van der Waals surface area contributed by atoms with Crippen LogP contribution in [0.3, 0.4) is 0 Å². The smallest absolute Gasteiger partial charge is 0.303 e. The molecule has 0 fully saturated rings. The van der Waals surface area contributed by atoms with Crippen molar-refractivity contribution in [2.24, 2.45) is 0 Å². The van der Waals surface area contributed by atoms with Gasteiger partial charge in [-0.1, -0.05) is 12.1 Å². The van der Waals surface area contributed by atoms with Gasteiger partial charge in [-0.2, -0.15) is 0 Å². The summed E-state index contributed by atoms with van der Waals surface area (Å²) < 4.78 is 45.1. The molecule has 0 saturated carbocycles. The van der Waals surface area contributed by atoms with Gasteiger partial charge in [0.05, 0.1) is 6.61 Å². The number of halogens is 2. The number of carboxylic acid groups (broad SMARTS) is 1. The third-order valence-corrected chi connectivity index (χ3v) is 3.77. The Kier molecular flexibility index (Phi) is 4.71. The van der Waals surface area contributed by atoms with Crippen LogP contribution in [0, 0.1) is 11.6 Å². The molecule has 0 aliphatic carbocycles. The Morgan fingerprint density at radius 1 is 1.19 bits per heavy atom. The van der Waals surface area contributed by atoms with Crippen molar-refractivity contribution in [1.82, 2.24) is 0 Å². The number of rotatable bonds is 6. The first-order valence-electron chi connectivity index (χ1n) is 8.12. The lowest BCUT2D eigenvalue weighted by molar-refractivity contribution is -0.137. The summed E-state index contributed by atoms with van der Waals surface area (Å²) in [6.45, 7) is 3.39. The molecule has 0 unspecified atom stereocenters. The number of hydrogen-bond donors (Lipinski definition) is 1. The number of ether oxygens (including phenoxy) is 3. The molecule has 1 aliphatic heterocycles. The van der Waals surface area contributed by atoms with Gasteiger partial charge in [-0.05, 0) is 30.2 Å². The van der Waals surface area contributed by atoms with Crippen LogP contribution in [0.2, 0.25) is 0 Å². The second-order valence-corrected chi connectivity index (χ2v) is 6.35. The fourth-order valence-corrected chi connectivity index (χ4v) is 2.71. The van der Waals surface area contributed by atoms with Gasteiger partial charge in [-0.15, -0.1) is 0 Å². The SMILES string of the molecule is CC1(C)Oc2cccc(-c3cc(F)c(OCCCC(=O)O)c(F)c3)c2O1. The normalized spacial score (nSPS) is 14.3. The van der Waals surface area contributed by atoms with Gasteiger partial charge in [0.1, 0.15) is 0 Å². The highest BCUT2D eigenvalue weighted by molar-refractivity contribution is 5.75. The minimum absolute atomic E-state index is 0.0919. The van der Waals surface area contributed by atoms with Crippen LogP contribution >= 0.6 is 0 Å². The maximum absolute atomic E-state index is 14.3. The van der Waals surface area contributed by atoms with Crippen molar-refractivity contribution >= 4 is 5.97 Å². The van der Waals surface area contributed by atoms with Gasteiger partial charge in [-0.3, -0.25) is 4.79 Å². The second-order valence-electron chi connectivity index (χ2n) is 6.35. The number of para-hydroxylation sites is 1. The first-order valence-corrected chi connectivity index (χ1v) is 8.12. The molecule has 0 aromatic heterocycles. The highest BCUT2D eigenvalue weighted by Gasteiger charge is 2.33. The summed E-state index contributed by atoms with van der Waals surface area (Å²) in [6.07, 6.45) is 0.0209. The Labute approximate surface area is 149 Å². The van der Waals surface area contributed by atoms with Crippen LogP contribution in [-0.4, -0.2) is 23.5 Å². The average molecular weight is 364 g/mol. The number of aliphatic carboxylic acids is 1. The standard InChI is InChI=1S/C19H18F2O5/c1-19(2)25-15-6-3-5-12(17(15)26-19)11-9-13(20)18(14(21)10-11)24-8-4-7-16(22)23/h3,5-6,9-10H,4,7-8H2,1-2H3,(H,22,23). The molecule has 138 valence electrons. The summed E-state index contributed by atoms with van der Waals surface area (Å²) in [5.41, 5.74) is 0.791. The first-order chi connectivity index (χ1) is 12.3. The largest absolute Gasteiger partial charge is 0.488 e. The second kappa shape index (κ2) is 6.82. The topological polar surface area (TPSA) is 65.0 Å². The Hall–Kier alpha value is -2.83. The van der Waals surface area contributed by atoms with Gasteiger partial charge in [0.25, 0.3) is 0 Å². The van der Waals surface area contributed by atoms with Gasteiger partial charge in [-0.25, -0.2) is 8.78 Å². The van der Waals surface area contributed by atoms with E-state index in [1.165, 1.54) is 0 Å². The minimum Gasteiger partial charge on any atom is -0.488 e. The molecule has 0 spiro atoms. The first kappa shape index (κ1) is 18.0. The molecule has 0 bridgehead atoms. The predicted octanol–water partition coefficient (Wildman–Crippen LogP) is 4.38. The van der Waals surface area contributed by atoms with E-state index in [9.17, 15) is 13.6 Å². The highest BCUT2D eigenvalue weighted by Crippen LogP contribution is 2.46. The Morgan fingerprint density at radius 3 is 2.54 bits per heavy atom. The molecule has 0 atom stereocenters. The molecule has 0 amide bonds. The fourth-order valence-electron chi connectivity index (χ4n) is 2.71. The van der Waals surface area contributed by atoms with Crippen LogP contribution < -0.4 is 14.2 Å².